The number of likely N-dealkylation sites (N-methyl/N-ethyl adjacent to an activating group) is 1. The molecular formula is C11H22N2O3. The van der Waals surface area contributed by atoms with Gasteiger partial charge in [-0.15, -0.1) is 0 Å². The van der Waals surface area contributed by atoms with E-state index >= 15 is 0 Å². The van der Waals surface area contributed by atoms with Gasteiger partial charge in [-0.25, -0.2) is 0 Å². The van der Waals surface area contributed by atoms with E-state index in [0.29, 0.717) is 45.9 Å². The number of amides is 1. The Balaban J connectivity index is 2.48. The van der Waals surface area contributed by atoms with Crippen LogP contribution in [0, 0.1) is 0 Å². The van der Waals surface area contributed by atoms with Crippen LogP contribution >= 0.6 is 0 Å². The fourth-order valence-electron chi connectivity index (χ4n) is 1.79. The number of carbonyl (C=O) groups is 1. The quantitative estimate of drug-likeness (QED) is 0.652. The molecule has 16 heavy (non-hydrogen) atoms. The molecule has 1 heterocycles. The van der Waals surface area contributed by atoms with E-state index in [4.69, 9.17) is 15.2 Å². The summed E-state index contributed by atoms with van der Waals surface area (Å²) in [5.74, 6) is -0.0211. The molecule has 0 bridgehead atoms. The van der Waals surface area contributed by atoms with E-state index in [-0.39, 0.29) is 5.91 Å². The van der Waals surface area contributed by atoms with Crippen molar-refractivity contribution < 1.29 is 14.3 Å². The van der Waals surface area contributed by atoms with Gasteiger partial charge in [0.25, 0.3) is 0 Å². The van der Waals surface area contributed by atoms with Crippen molar-refractivity contribution in [2.24, 2.45) is 5.73 Å². The molecule has 0 aliphatic carbocycles. The Morgan fingerprint density at radius 1 is 1.56 bits per heavy atom. The molecule has 0 spiro atoms. The van der Waals surface area contributed by atoms with Crippen LogP contribution in [-0.4, -0.2) is 55.9 Å². The summed E-state index contributed by atoms with van der Waals surface area (Å²) in [6.45, 7) is 7.28. The summed E-state index contributed by atoms with van der Waals surface area (Å²) in [5, 5.41) is 0. The Morgan fingerprint density at radius 3 is 2.81 bits per heavy atom. The highest BCUT2D eigenvalue weighted by molar-refractivity contribution is 5.86. The fraction of sp³-hybridized carbons (Fsp3) is 0.909. The van der Waals surface area contributed by atoms with Gasteiger partial charge in [0.2, 0.25) is 5.91 Å². The second-order valence-corrected chi connectivity index (χ2v) is 4.04. The highest BCUT2D eigenvalue weighted by Crippen LogP contribution is 2.18. The predicted octanol–water partition coefficient (Wildman–Crippen LogP) is -0.0108. The molecule has 1 aliphatic heterocycles. The van der Waals surface area contributed by atoms with Crippen LogP contribution in [0.2, 0.25) is 0 Å². The Kier molecular flexibility index (Phi) is 5.18. The number of rotatable bonds is 6. The van der Waals surface area contributed by atoms with Gasteiger partial charge in [0.1, 0.15) is 5.54 Å². The van der Waals surface area contributed by atoms with Gasteiger partial charge in [0.05, 0.1) is 13.2 Å². The van der Waals surface area contributed by atoms with E-state index in [0.717, 1.165) is 0 Å². The maximum Gasteiger partial charge on any atom is 0.245 e. The van der Waals surface area contributed by atoms with Crippen LogP contribution in [0.5, 0.6) is 0 Å². The molecule has 0 aromatic carbocycles. The van der Waals surface area contributed by atoms with E-state index in [1.165, 1.54) is 0 Å². The van der Waals surface area contributed by atoms with Gasteiger partial charge in [0.15, 0.2) is 0 Å². The van der Waals surface area contributed by atoms with Crippen LogP contribution in [0.3, 0.4) is 0 Å². The molecule has 2 N–H and O–H groups in total. The lowest BCUT2D eigenvalue weighted by molar-refractivity contribution is -0.137. The van der Waals surface area contributed by atoms with Gasteiger partial charge in [-0.2, -0.15) is 0 Å². The minimum atomic E-state index is -0.817. The van der Waals surface area contributed by atoms with Gasteiger partial charge >= 0.3 is 0 Å². The van der Waals surface area contributed by atoms with Gasteiger partial charge in [-0.1, -0.05) is 0 Å². The molecule has 1 aliphatic rings. The largest absolute Gasteiger partial charge is 0.380 e. The lowest BCUT2D eigenvalue weighted by Gasteiger charge is -2.29. The predicted molar refractivity (Wildman–Crippen MR) is 61.1 cm³/mol. The maximum absolute atomic E-state index is 12.2. The van der Waals surface area contributed by atoms with Gasteiger partial charge in [0, 0.05) is 26.3 Å². The smallest absolute Gasteiger partial charge is 0.245 e. The topological polar surface area (TPSA) is 64.8 Å². The average Bonchev–Trinajstić information content (AvgIpc) is 2.72. The normalized spacial score (nSPS) is 24.7. The third kappa shape index (κ3) is 3.17. The summed E-state index contributed by atoms with van der Waals surface area (Å²) in [4.78, 5) is 13.9. The molecule has 0 saturated carbocycles. The molecule has 0 radical (unpaired) electrons. The summed E-state index contributed by atoms with van der Waals surface area (Å²) in [5.41, 5.74) is 5.21. The summed E-state index contributed by atoms with van der Waals surface area (Å²) >= 11 is 0. The zero-order chi connectivity index (χ0) is 12.0. The summed E-state index contributed by atoms with van der Waals surface area (Å²) in [6.07, 6.45) is 0.608. The first-order valence-corrected chi connectivity index (χ1v) is 5.87. The summed E-state index contributed by atoms with van der Waals surface area (Å²) < 4.78 is 10.4. The lowest BCUT2D eigenvalue weighted by atomic mass is 9.98. The number of nitrogens with two attached hydrogens (primary N) is 1. The van der Waals surface area contributed by atoms with Crippen molar-refractivity contribution >= 4 is 5.91 Å². The monoisotopic (exact) mass is 230 g/mol. The zero-order valence-corrected chi connectivity index (χ0v) is 10.2. The minimum Gasteiger partial charge on any atom is -0.380 e. The minimum absolute atomic E-state index is 0.0211. The molecule has 94 valence electrons. The van der Waals surface area contributed by atoms with Crippen LogP contribution in [0.1, 0.15) is 20.3 Å². The molecule has 0 aromatic rings. The third-order valence-corrected chi connectivity index (χ3v) is 2.86. The fourth-order valence-corrected chi connectivity index (χ4v) is 1.79. The van der Waals surface area contributed by atoms with Gasteiger partial charge in [-0.05, 0) is 20.3 Å². The zero-order valence-electron chi connectivity index (χ0n) is 10.2. The van der Waals surface area contributed by atoms with Crippen molar-refractivity contribution in [2.75, 3.05) is 39.5 Å². The first-order chi connectivity index (χ1) is 7.64. The van der Waals surface area contributed by atoms with Crippen LogP contribution in [0.25, 0.3) is 0 Å². The SMILES string of the molecule is CCOCCN(CC)C(=O)C1(N)CCOC1. The second kappa shape index (κ2) is 6.18. The molecule has 1 saturated heterocycles. The van der Waals surface area contributed by atoms with Gasteiger partial charge < -0.3 is 20.1 Å². The Labute approximate surface area is 96.9 Å². The molecule has 1 unspecified atom stereocenters. The van der Waals surface area contributed by atoms with E-state index in [9.17, 15) is 4.79 Å². The van der Waals surface area contributed by atoms with Crippen LogP contribution in [0.15, 0.2) is 0 Å². The molecular weight excluding hydrogens is 208 g/mol. The molecule has 1 rings (SSSR count). The van der Waals surface area contributed by atoms with E-state index in [1.54, 1.807) is 4.90 Å². The average molecular weight is 230 g/mol. The van der Waals surface area contributed by atoms with Crippen molar-refractivity contribution in [3.8, 4) is 0 Å². The highest BCUT2D eigenvalue weighted by Gasteiger charge is 2.40. The molecule has 0 aromatic heterocycles. The number of hydrogen-bond acceptors (Lipinski definition) is 4. The number of hydrogen-bond donors (Lipinski definition) is 1. The molecule has 1 amide bonds. The summed E-state index contributed by atoms with van der Waals surface area (Å²) in [6, 6.07) is 0. The maximum atomic E-state index is 12.2. The lowest BCUT2D eigenvalue weighted by Crippen LogP contribution is -2.56. The van der Waals surface area contributed by atoms with Crippen LogP contribution < -0.4 is 5.73 Å². The van der Waals surface area contributed by atoms with Crippen molar-refractivity contribution in [2.45, 2.75) is 25.8 Å². The number of nitrogens with zero attached hydrogens (tertiary/aromatic N) is 1. The van der Waals surface area contributed by atoms with E-state index in [2.05, 4.69) is 0 Å². The van der Waals surface area contributed by atoms with Gasteiger partial charge in [-0.3, -0.25) is 4.79 Å². The van der Waals surface area contributed by atoms with Crippen molar-refractivity contribution in [1.29, 1.82) is 0 Å². The van der Waals surface area contributed by atoms with Crippen LogP contribution in [-0.2, 0) is 14.3 Å². The highest BCUT2D eigenvalue weighted by atomic mass is 16.5. The third-order valence-electron chi connectivity index (χ3n) is 2.86. The first-order valence-electron chi connectivity index (χ1n) is 5.87. The Morgan fingerprint density at radius 2 is 2.31 bits per heavy atom. The summed E-state index contributed by atoms with van der Waals surface area (Å²) in [7, 11) is 0. The van der Waals surface area contributed by atoms with Crippen LogP contribution in [0.4, 0.5) is 0 Å². The number of carbonyl (C=O) groups excluding carboxylic acids is 1. The van der Waals surface area contributed by atoms with E-state index in [1.807, 2.05) is 13.8 Å². The van der Waals surface area contributed by atoms with Crippen molar-refractivity contribution in [3.05, 3.63) is 0 Å². The van der Waals surface area contributed by atoms with Crippen molar-refractivity contribution in [3.63, 3.8) is 0 Å². The first kappa shape index (κ1) is 13.4. The molecule has 5 heteroatoms. The second-order valence-electron chi connectivity index (χ2n) is 4.04. The van der Waals surface area contributed by atoms with Crippen molar-refractivity contribution in [1.82, 2.24) is 4.90 Å². The Hall–Kier alpha value is -0.650. The molecule has 1 atom stereocenters. The Bertz CT molecular complexity index is 227. The number of ether oxygens (including phenoxy) is 2. The molecule has 5 nitrogen and oxygen atoms in total. The molecule has 1 fully saturated rings. The van der Waals surface area contributed by atoms with E-state index < -0.39 is 5.54 Å². The standard InChI is InChI=1S/C11H22N2O3/c1-3-13(6-8-15-4-2)10(14)11(12)5-7-16-9-11/h3-9,12H2,1-2H3.